The van der Waals surface area contributed by atoms with Gasteiger partial charge in [-0.05, 0) is 39.3 Å². The number of hydrogen-bond donors (Lipinski definition) is 1. The minimum absolute atomic E-state index is 0.907. The van der Waals surface area contributed by atoms with Crippen LogP contribution in [0, 0.1) is 0 Å². The fourth-order valence-electron chi connectivity index (χ4n) is 1.34. The van der Waals surface area contributed by atoms with Gasteiger partial charge >= 0.3 is 0 Å². The van der Waals surface area contributed by atoms with Gasteiger partial charge in [0.15, 0.2) is 0 Å². The zero-order valence-electron chi connectivity index (χ0n) is 9.16. The Morgan fingerprint density at radius 1 is 1.36 bits per heavy atom. The van der Waals surface area contributed by atoms with Crippen molar-refractivity contribution < 1.29 is 0 Å². The normalized spacial score (nSPS) is 10.7. The first-order chi connectivity index (χ1) is 6.86. The van der Waals surface area contributed by atoms with Gasteiger partial charge in [-0.1, -0.05) is 12.1 Å². The van der Waals surface area contributed by atoms with E-state index in [1.165, 1.54) is 12.8 Å². The Morgan fingerprint density at radius 3 is 2.86 bits per heavy atom. The fraction of sp³-hybridized carbons (Fsp3) is 0.800. The molecule has 0 saturated carbocycles. The summed E-state index contributed by atoms with van der Waals surface area (Å²) in [5.41, 5.74) is 1.11. The van der Waals surface area contributed by atoms with Gasteiger partial charge in [-0.25, -0.2) is 0 Å². The highest BCUT2D eigenvalue weighted by atomic mass is 15.4. The summed E-state index contributed by atoms with van der Waals surface area (Å²) in [4.78, 5) is 0. The molecule has 0 aliphatic rings. The average molecular weight is 196 g/mol. The molecule has 4 nitrogen and oxygen atoms in total. The lowest BCUT2D eigenvalue weighted by Gasteiger charge is -1.99. The van der Waals surface area contributed by atoms with Gasteiger partial charge < -0.3 is 5.32 Å². The molecule has 0 fully saturated rings. The molecule has 1 aromatic heterocycles. The van der Waals surface area contributed by atoms with E-state index in [1.807, 2.05) is 10.9 Å². The molecule has 0 saturated heterocycles. The Morgan fingerprint density at radius 2 is 2.21 bits per heavy atom. The molecule has 1 heterocycles. The molecule has 0 spiro atoms. The summed E-state index contributed by atoms with van der Waals surface area (Å²) in [5, 5.41) is 11.4. The van der Waals surface area contributed by atoms with Crippen molar-refractivity contribution in [1.29, 1.82) is 0 Å². The molecule has 0 atom stereocenters. The van der Waals surface area contributed by atoms with Gasteiger partial charge in [0.2, 0.25) is 0 Å². The fourth-order valence-corrected chi connectivity index (χ4v) is 1.34. The van der Waals surface area contributed by atoms with E-state index in [1.54, 1.807) is 0 Å². The lowest BCUT2D eigenvalue weighted by molar-refractivity contribution is 0.624. The predicted octanol–water partition coefficient (Wildman–Crippen LogP) is 1.23. The summed E-state index contributed by atoms with van der Waals surface area (Å²) >= 11 is 0. The van der Waals surface area contributed by atoms with Gasteiger partial charge in [-0.2, -0.15) is 0 Å². The Labute approximate surface area is 85.7 Å². The highest BCUT2D eigenvalue weighted by Crippen LogP contribution is 2.00. The SMILES string of the molecule is CCNCCCCc1cn(CC)nn1. The summed E-state index contributed by atoms with van der Waals surface area (Å²) in [7, 11) is 0. The largest absolute Gasteiger partial charge is 0.317 e. The van der Waals surface area contributed by atoms with Crippen molar-refractivity contribution in [3.8, 4) is 0 Å². The molecule has 14 heavy (non-hydrogen) atoms. The molecule has 0 radical (unpaired) electrons. The third-order valence-corrected chi connectivity index (χ3v) is 2.20. The molecule has 0 unspecified atom stereocenters. The van der Waals surface area contributed by atoms with Crippen molar-refractivity contribution in [3.63, 3.8) is 0 Å². The van der Waals surface area contributed by atoms with Crippen molar-refractivity contribution in [3.05, 3.63) is 11.9 Å². The van der Waals surface area contributed by atoms with Crippen LogP contribution in [0.15, 0.2) is 6.20 Å². The van der Waals surface area contributed by atoms with E-state index < -0.39 is 0 Å². The number of nitrogens with zero attached hydrogens (tertiary/aromatic N) is 3. The van der Waals surface area contributed by atoms with Crippen molar-refractivity contribution >= 4 is 0 Å². The molecule has 1 rings (SSSR count). The smallest absolute Gasteiger partial charge is 0.0827 e. The molecule has 4 heteroatoms. The molecule has 0 aromatic carbocycles. The second-order valence-electron chi connectivity index (χ2n) is 3.38. The van der Waals surface area contributed by atoms with E-state index in [-0.39, 0.29) is 0 Å². The Bertz CT molecular complexity index is 244. The van der Waals surface area contributed by atoms with E-state index in [4.69, 9.17) is 0 Å². The van der Waals surface area contributed by atoms with Crippen LogP contribution in [0.3, 0.4) is 0 Å². The molecule has 0 aliphatic carbocycles. The van der Waals surface area contributed by atoms with Gasteiger partial charge in [0.25, 0.3) is 0 Å². The second kappa shape index (κ2) is 6.54. The van der Waals surface area contributed by atoms with Crippen LogP contribution in [0.2, 0.25) is 0 Å². The molecule has 80 valence electrons. The number of aryl methyl sites for hydroxylation is 2. The van der Waals surface area contributed by atoms with E-state index in [9.17, 15) is 0 Å². The monoisotopic (exact) mass is 196 g/mol. The summed E-state index contributed by atoms with van der Waals surface area (Å²) in [6, 6.07) is 0. The molecule has 0 amide bonds. The first-order valence-electron chi connectivity index (χ1n) is 5.46. The summed E-state index contributed by atoms with van der Waals surface area (Å²) in [6.07, 6.45) is 5.49. The van der Waals surface area contributed by atoms with Crippen LogP contribution in [0.25, 0.3) is 0 Å². The van der Waals surface area contributed by atoms with Crippen molar-refractivity contribution in [2.24, 2.45) is 0 Å². The second-order valence-corrected chi connectivity index (χ2v) is 3.38. The topological polar surface area (TPSA) is 42.7 Å². The quantitative estimate of drug-likeness (QED) is 0.667. The van der Waals surface area contributed by atoms with Crippen molar-refractivity contribution in [2.75, 3.05) is 13.1 Å². The maximum absolute atomic E-state index is 4.10. The van der Waals surface area contributed by atoms with Crippen LogP contribution < -0.4 is 5.32 Å². The number of nitrogens with one attached hydrogen (secondary N) is 1. The first-order valence-corrected chi connectivity index (χ1v) is 5.46. The molecule has 1 aromatic rings. The van der Waals surface area contributed by atoms with Gasteiger partial charge in [-0.3, -0.25) is 4.68 Å². The molecular formula is C10H20N4. The van der Waals surface area contributed by atoms with Crippen LogP contribution in [0.4, 0.5) is 0 Å². The van der Waals surface area contributed by atoms with Crippen LogP contribution in [-0.2, 0) is 13.0 Å². The van der Waals surface area contributed by atoms with E-state index in [0.717, 1.165) is 31.7 Å². The Kier molecular flexibility index (Phi) is 5.22. The maximum Gasteiger partial charge on any atom is 0.0827 e. The summed E-state index contributed by atoms with van der Waals surface area (Å²) in [6.45, 7) is 7.28. The number of hydrogen-bond acceptors (Lipinski definition) is 3. The molecule has 0 bridgehead atoms. The van der Waals surface area contributed by atoms with E-state index in [2.05, 4.69) is 29.5 Å². The first kappa shape index (κ1) is 11.2. The van der Waals surface area contributed by atoms with Crippen LogP contribution >= 0.6 is 0 Å². The zero-order chi connectivity index (χ0) is 10.2. The van der Waals surface area contributed by atoms with Gasteiger partial charge in [0, 0.05) is 12.7 Å². The maximum atomic E-state index is 4.10. The standard InChI is InChI=1S/C10H20N4/c1-3-11-8-6-5-7-10-9-14(4-2)13-12-10/h9,11H,3-8H2,1-2H3. The van der Waals surface area contributed by atoms with Gasteiger partial charge in [-0.15, -0.1) is 5.10 Å². The predicted molar refractivity (Wildman–Crippen MR) is 57.2 cm³/mol. The highest BCUT2D eigenvalue weighted by molar-refractivity contribution is 4.91. The van der Waals surface area contributed by atoms with Crippen molar-refractivity contribution in [1.82, 2.24) is 20.3 Å². The summed E-state index contributed by atoms with van der Waals surface area (Å²) in [5.74, 6) is 0. The lowest BCUT2D eigenvalue weighted by atomic mass is 10.2. The summed E-state index contributed by atoms with van der Waals surface area (Å²) < 4.78 is 1.87. The molecular weight excluding hydrogens is 176 g/mol. The van der Waals surface area contributed by atoms with Crippen LogP contribution in [-0.4, -0.2) is 28.1 Å². The van der Waals surface area contributed by atoms with Crippen molar-refractivity contribution in [2.45, 2.75) is 39.7 Å². The van der Waals surface area contributed by atoms with Gasteiger partial charge in [0.05, 0.1) is 5.69 Å². The third-order valence-electron chi connectivity index (χ3n) is 2.20. The molecule has 1 N–H and O–H groups in total. The molecule has 0 aliphatic heterocycles. The number of rotatable bonds is 7. The zero-order valence-corrected chi connectivity index (χ0v) is 9.16. The van der Waals surface area contributed by atoms with E-state index >= 15 is 0 Å². The van der Waals surface area contributed by atoms with Crippen LogP contribution in [0.1, 0.15) is 32.4 Å². The highest BCUT2D eigenvalue weighted by Gasteiger charge is 1.98. The minimum Gasteiger partial charge on any atom is -0.317 e. The Hall–Kier alpha value is -0.900. The average Bonchev–Trinajstić information content (AvgIpc) is 2.65. The minimum atomic E-state index is 0.907. The Balaban J connectivity index is 2.12. The van der Waals surface area contributed by atoms with Gasteiger partial charge in [0.1, 0.15) is 0 Å². The number of unbranched alkanes of at least 4 members (excludes halogenated alkanes) is 1. The van der Waals surface area contributed by atoms with E-state index in [0.29, 0.717) is 0 Å². The third kappa shape index (κ3) is 3.87. The van der Waals surface area contributed by atoms with Crippen LogP contribution in [0.5, 0.6) is 0 Å². The number of aromatic nitrogens is 3. The lowest BCUT2D eigenvalue weighted by Crippen LogP contribution is -2.13.